The van der Waals surface area contributed by atoms with Crippen molar-refractivity contribution < 1.29 is 14.3 Å². The average Bonchev–Trinajstić information content (AvgIpc) is 2.54. The third-order valence-corrected chi connectivity index (χ3v) is 3.64. The second-order valence-electron chi connectivity index (χ2n) is 6.38. The highest BCUT2D eigenvalue weighted by Crippen LogP contribution is 2.05. The Balaban J connectivity index is 0.00000576. The highest BCUT2D eigenvalue weighted by atomic mass is 127. The maximum Gasteiger partial charge on any atom is 0.409 e. The van der Waals surface area contributed by atoms with Gasteiger partial charge in [-0.05, 0) is 12.8 Å². The minimum atomic E-state index is -0.270. The Morgan fingerprint density at radius 1 is 1.16 bits per heavy atom. The predicted molar refractivity (Wildman–Crippen MR) is 109 cm³/mol. The van der Waals surface area contributed by atoms with Crippen LogP contribution in [0.4, 0.5) is 4.79 Å². The van der Waals surface area contributed by atoms with Crippen LogP contribution in [0.3, 0.4) is 0 Å². The van der Waals surface area contributed by atoms with Crippen LogP contribution in [0.1, 0.15) is 20.8 Å². The molecule has 1 aliphatic rings. The number of rotatable bonds is 5. The van der Waals surface area contributed by atoms with Crippen LogP contribution in [0.25, 0.3) is 0 Å². The van der Waals surface area contributed by atoms with Crippen molar-refractivity contribution in [1.82, 2.24) is 20.0 Å². The maximum absolute atomic E-state index is 11.8. The minimum absolute atomic E-state index is 0. The van der Waals surface area contributed by atoms with Crippen molar-refractivity contribution in [2.75, 3.05) is 60.0 Å². The van der Waals surface area contributed by atoms with Gasteiger partial charge in [-0.2, -0.15) is 0 Å². The van der Waals surface area contributed by atoms with Crippen molar-refractivity contribution in [3.05, 3.63) is 0 Å². The molecule has 0 unspecified atom stereocenters. The molecule has 1 fully saturated rings. The Kier molecular flexibility index (Phi) is 11.5. The highest BCUT2D eigenvalue weighted by molar-refractivity contribution is 14.0. The zero-order valence-electron chi connectivity index (χ0n) is 15.9. The number of aliphatic imine (C=N–C) groups is 1. The molecule has 0 spiro atoms. The van der Waals surface area contributed by atoms with E-state index in [1.807, 2.05) is 0 Å². The molecule has 1 heterocycles. The van der Waals surface area contributed by atoms with E-state index >= 15 is 0 Å². The van der Waals surface area contributed by atoms with Crippen LogP contribution in [0.2, 0.25) is 0 Å². The number of amides is 2. The molecule has 0 bridgehead atoms. The van der Waals surface area contributed by atoms with Gasteiger partial charge in [0, 0.05) is 46.8 Å². The van der Waals surface area contributed by atoms with E-state index in [2.05, 4.69) is 29.1 Å². The first-order valence-corrected chi connectivity index (χ1v) is 8.50. The van der Waals surface area contributed by atoms with Gasteiger partial charge in [0.05, 0.1) is 6.61 Å². The van der Waals surface area contributed by atoms with Crippen molar-refractivity contribution in [3.8, 4) is 0 Å². The molecule has 0 saturated carbocycles. The summed E-state index contributed by atoms with van der Waals surface area (Å²) in [4.78, 5) is 33.3. The number of halogens is 1. The van der Waals surface area contributed by atoms with Crippen molar-refractivity contribution >= 4 is 41.9 Å². The molecule has 0 atom stereocenters. The molecule has 0 aromatic carbocycles. The number of nitrogens with one attached hydrogen (secondary N) is 1. The quantitative estimate of drug-likeness (QED) is 0.371. The van der Waals surface area contributed by atoms with Gasteiger partial charge in [0.1, 0.15) is 6.54 Å². The van der Waals surface area contributed by atoms with Crippen molar-refractivity contribution in [2.45, 2.75) is 20.8 Å². The van der Waals surface area contributed by atoms with Crippen molar-refractivity contribution in [1.29, 1.82) is 0 Å². The van der Waals surface area contributed by atoms with Crippen LogP contribution in [0.5, 0.6) is 0 Å². The van der Waals surface area contributed by atoms with Gasteiger partial charge in [0.2, 0.25) is 5.91 Å². The molecule has 0 aliphatic carbocycles. The summed E-state index contributed by atoms with van der Waals surface area (Å²) < 4.78 is 5.03. The van der Waals surface area contributed by atoms with Crippen LogP contribution < -0.4 is 5.32 Å². The molecule has 25 heavy (non-hydrogen) atoms. The SMILES string of the molecule is CCOC(=O)N1CCN(C(=NCC(=O)N(C)C)NCC(C)C)CC1.I. The largest absolute Gasteiger partial charge is 0.450 e. The summed E-state index contributed by atoms with van der Waals surface area (Å²) in [6.07, 6.45) is -0.270. The molecule has 0 aromatic heterocycles. The van der Waals surface area contributed by atoms with Crippen LogP contribution in [0.15, 0.2) is 4.99 Å². The van der Waals surface area contributed by atoms with Gasteiger partial charge in [-0.15, -0.1) is 24.0 Å². The normalized spacial score (nSPS) is 14.9. The minimum Gasteiger partial charge on any atom is -0.450 e. The van der Waals surface area contributed by atoms with Crippen molar-refractivity contribution in [3.63, 3.8) is 0 Å². The molecule has 8 nitrogen and oxygen atoms in total. The molecular weight excluding hydrogens is 437 g/mol. The lowest BCUT2D eigenvalue weighted by Crippen LogP contribution is -2.54. The smallest absolute Gasteiger partial charge is 0.409 e. The lowest BCUT2D eigenvalue weighted by atomic mass is 10.2. The van der Waals surface area contributed by atoms with Crippen LogP contribution in [0, 0.1) is 5.92 Å². The molecule has 2 amide bonds. The summed E-state index contributed by atoms with van der Waals surface area (Å²) >= 11 is 0. The standard InChI is InChI=1S/C16H31N5O3.HI/c1-6-24-16(23)21-9-7-20(8-10-21)15(17-11-13(2)3)18-12-14(22)19(4)5;/h13H,6-12H2,1-5H3,(H,17,18);1H. The molecule has 146 valence electrons. The van der Waals surface area contributed by atoms with Gasteiger partial charge in [-0.25, -0.2) is 9.79 Å². The van der Waals surface area contributed by atoms with Crippen LogP contribution >= 0.6 is 24.0 Å². The number of guanidine groups is 1. The monoisotopic (exact) mass is 469 g/mol. The van der Waals surface area contributed by atoms with Gasteiger partial charge in [-0.3, -0.25) is 4.79 Å². The summed E-state index contributed by atoms with van der Waals surface area (Å²) in [7, 11) is 3.44. The lowest BCUT2D eigenvalue weighted by molar-refractivity contribution is -0.127. The second kappa shape index (κ2) is 12.2. The zero-order chi connectivity index (χ0) is 18.1. The Morgan fingerprint density at radius 3 is 2.20 bits per heavy atom. The van der Waals surface area contributed by atoms with E-state index in [0.717, 1.165) is 12.5 Å². The Morgan fingerprint density at radius 2 is 1.72 bits per heavy atom. The van der Waals surface area contributed by atoms with Crippen LogP contribution in [-0.4, -0.2) is 92.6 Å². The first kappa shape index (κ1) is 23.7. The molecule has 1 N–H and O–H groups in total. The summed E-state index contributed by atoms with van der Waals surface area (Å²) in [5, 5.41) is 3.32. The summed E-state index contributed by atoms with van der Waals surface area (Å²) in [5.41, 5.74) is 0. The lowest BCUT2D eigenvalue weighted by Gasteiger charge is -2.36. The maximum atomic E-state index is 11.8. The third-order valence-electron chi connectivity index (χ3n) is 3.64. The summed E-state index contributed by atoms with van der Waals surface area (Å²) in [5.74, 6) is 1.16. The van der Waals surface area contributed by atoms with E-state index in [0.29, 0.717) is 38.7 Å². The van der Waals surface area contributed by atoms with E-state index in [1.54, 1.807) is 25.9 Å². The Labute approximate surface area is 168 Å². The first-order valence-electron chi connectivity index (χ1n) is 8.50. The zero-order valence-corrected chi connectivity index (χ0v) is 18.3. The molecule has 1 rings (SSSR count). The van der Waals surface area contributed by atoms with Gasteiger partial charge in [0.15, 0.2) is 5.96 Å². The molecular formula is C16H32IN5O3. The number of ether oxygens (including phenoxy) is 1. The predicted octanol–water partition coefficient (Wildman–Crippen LogP) is 1.07. The highest BCUT2D eigenvalue weighted by Gasteiger charge is 2.24. The Hall–Kier alpha value is -1.26. The van der Waals surface area contributed by atoms with E-state index < -0.39 is 0 Å². The van der Waals surface area contributed by atoms with E-state index in [9.17, 15) is 9.59 Å². The molecule has 0 radical (unpaired) electrons. The summed E-state index contributed by atoms with van der Waals surface area (Å²) in [6.45, 7) is 9.83. The number of carbonyl (C=O) groups is 2. The first-order chi connectivity index (χ1) is 11.3. The number of hydrogen-bond acceptors (Lipinski definition) is 4. The Bertz CT molecular complexity index is 449. The summed E-state index contributed by atoms with van der Waals surface area (Å²) in [6, 6.07) is 0. The van der Waals surface area contributed by atoms with Gasteiger partial charge in [0.25, 0.3) is 0 Å². The van der Waals surface area contributed by atoms with Crippen molar-refractivity contribution in [2.24, 2.45) is 10.9 Å². The van der Waals surface area contributed by atoms with Crippen LogP contribution in [-0.2, 0) is 9.53 Å². The average molecular weight is 469 g/mol. The number of likely N-dealkylation sites (N-methyl/N-ethyl adjacent to an activating group) is 1. The van der Waals surface area contributed by atoms with Gasteiger partial charge < -0.3 is 24.8 Å². The van der Waals surface area contributed by atoms with E-state index in [-0.39, 0.29) is 42.5 Å². The molecule has 1 saturated heterocycles. The second-order valence-corrected chi connectivity index (χ2v) is 6.38. The number of piperazine rings is 1. The molecule has 0 aromatic rings. The van der Waals surface area contributed by atoms with Gasteiger partial charge >= 0.3 is 6.09 Å². The molecule has 9 heteroatoms. The topological polar surface area (TPSA) is 77.5 Å². The fourth-order valence-electron chi connectivity index (χ4n) is 2.16. The molecule has 1 aliphatic heterocycles. The fraction of sp³-hybridized carbons (Fsp3) is 0.812. The number of carbonyl (C=O) groups excluding carboxylic acids is 2. The van der Waals surface area contributed by atoms with E-state index in [1.165, 1.54) is 4.90 Å². The third kappa shape index (κ3) is 8.59. The fourth-order valence-corrected chi connectivity index (χ4v) is 2.16. The van der Waals surface area contributed by atoms with Gasteiger partial charge in [-0.1, -0.05) is 13.8 Å². The van der Waals surface area contributed by atoms with E-state index in [4.69, 9.17) is 4.74 Å². The number of hydrogen-bond donors (Lipinski definition) is 1. The number of nitrogens with zero attached hydrogens (tertiary/aromatic N) is 4.